The van der Waals surface area contributed by atoms with E-state index in [0.29, 0.717) is 14.1 Å². The minimum atomic E-state index is -10.1. The van der Waals surface area contributed by atoms with Crippen LogP contribution < -0.4 is 0 Å². The van der Waals surface area contributed by atoms with E-state index in [1.54, 1.807) is 0 Å². The molecular weight excluding hydrogens is 261 g/mol. The van der Waals surface area contributed by atoms with Gasteiger partial charge in [-0.05, 0) is 0 Å². The van der Waals surface area contributed by atoms with Crippen LogP contribution >= 0.6 is 0 Å². The molecule has 0 amide bonds. The van der Waals surface area contributed by atoms with Crippen LogP contribution in [0.5, 0.6) is 0 Å². The fourth-order valence-electron chi connectivity index (χ4n) is 0. The van der Waals surface area contributed by atoms with Crippen LogP contribution in [0.25, 0.3) is 0 Å². The first kappa shape index (κ1) is 9.40. The third-order valence-electron chi connectivity index (χ3n) is 0.690. The van der Waals surface area contributed by atoms with Crippen LogP contribution in [-0.2, 0) is 0 Å². The normalized spacial score (nSPS) is 21.3. The number of nitrogens with zero attached hydrogens (tertiary/aromatic N) is 1. The first-order chi connectivity index (χ1) is 3.43. The van der Waals surface area contributed by atoms with Gasteiger partial charge in [0.2, 0.25) is 0 Å². The summed E-state index contributed by atoms with van der Waals surface area (Å²) in [5.74, 6) is 0. The second-order valence-electron chi connectivity index (χ2n) is 1.74. The van der Waals surface area contributed by atoms with Gasteiger partial charge in [-0.2, -0.15) is 0 Å². The summed E-state index contributed by atoms with van der Waals surface area (Å²) in [6.07, 6.45) is 0. The van der Waals surface area contributed by atoms with E-state index in [2.05, 4.69) is 0 Å². The van der Waals surface area contributed by atoms with Crippen LogP contribution in [0.2, 0.25) is 0 Å². The van der Waals surface area contributed by atoms with Crippen molar-refractivity contribution in [1.29, 1.82) is 0 Å². The molecule has 0 aliphatic heterocycles. The van der Waals surface area contributed by atoms with Crippen molar-refractivity contribution >= 4 is 18.5 Å². The molecule has 0 aromatic heterocycles. The van der Waals surface area contributed by atoms with Crippen molar-refractivity contribution in [2.75, 3.05) is 14.1 Å². The topological polar surface area (TPSA) is 3.24 Å². The molecule has 0 radical (unpaired) electrons. The van der Waals surface area contributed by atoms with Crippen molar-refractivity contribution in [1.82, 2.24) is 3.15 Å². The van der Waals surface area contributed by atoms with Crippen molar-refractivity contribution in [3.63, 3.8) is 0 Å². The van der Waals surface area contributed by atoms with Gasteiger partial charge in [0.15, 0.2) is 0 Å². The molecule has 0 atom stereocenters. The van der Waals surface area contributed by atoms with Crippen LogP contribution in [0, 0.1) is 0 Å². The van der Waals surface area contributed by atoms with Crippen molar-refractivity contribution in [2.24, 2.45) is 0 Å². The first-order valence-corrected chi connectivity index (χ1v) is 7.29. The summed E-state index contributed by atoms with van der Waals surface area (Å²) in [5, 5.41) is 0. The van der Waals surface area contributed by atoms with Gasteiger partial charge in [-0.15, -0.1) is 0 Å². The Morgan fingerprint density at radius 3 is 1.00 bits per heavy atom. The second kappa shape index (κ2) is 1.36. The predicted molar refractivity (Wildman–Crippen MR) is 25.0 cm³/mol. The molecule has 0 unspecified atom stereocenters. The molecule has 1 nitrogen and oxygen atoms in total. The summed E-state index contributed by atoms with van der Waals surface area (Å²) in [6, 6.07) is 0. The molecule has 0 heterocycles. The zero-order chi connectivity index (χ0) is 7.99. The quantitative estimate of drug-likeness (QED) is 0.516. The molecule has 7 heteroatoms. The van der Waals surface area contributed by atoms with Gasteiger partial charge in [-0.3, -0.25) is 0 Å². The molecule has 0 fully saturated rings. The molecule has 0 aliphatic rings. The Kier molecular flexibility index (Phi) is 1.42. The zero-order valence-corrected chi connectivity index (χ0v) is 7.08. The molecule has 0 bridgehead atoms. The van der Waals surface area contributed by atoms with Gasteiger partial charge in [0.25, 0.3) is 0 Å². The van der Waals surface area contributed by atoms with E-state index in [-0.39, 0.29) is 0 Å². The van der Waals surface area contributed by atoms with Gasteiger partial charge < -0.3 is 0 Å². The molecule has 0 aromatic rings. The standard InChI is InChI=1S/C2H6F5NTe/c1-8(2)9(3,4,5,6)7/h1-2H3. The SMILES string of the molecule is CN(C)[Te](F)(F)(F)(F)F. The summed E-state index contributed by atoms with van der Waals surface area (Å²) < 4.78 is 55.8. The summed E-state index contributed by atoms with van der Waals surface area (Å²) in [7, 11) is 0.622. The van der Waals surface area contributed by atoms with Gasteiger partial charge in [0.05, 0.1) is 0 Å². The molecular formula is C2H6F5NTe. The number of hydrogen-bond acceptors (Lipinski definition) is 1. The second-order valence-corrected chi connectivity index (χ2v) is 9.12. The molecule has 60 valence electrons. The molecule has 9 heavy (non-hydrogen) atoms. The third kappa shape index (κ3) is 3.18. The van der Waals surface area contributed by atoms with Crippen LogP contribution in [0.3, 0.4) is 0 Å². The monoisotopic (exact) mass is 269 g/mol. The van der Waals surface area contributed by atoms with E-state index in [9.17, 15) is 14.5 Å². The maximum absolute atomic E-state index is 11.3. The number of halogens is 5. The Hall–Kier alpha value is 0.400. The van der Waals surface area contributed by atoms with E-state index in [1.807, 2.05) is 0 Å². The molecule has 0 rings (SSSR count). The third-order valence-corrected chi connectivity index (χ3v) is 4.63. The average molecular weight is 267 g/mol. The van der Waals surface area contributed by atoms with E-state index >= 15 is 0 Å². The van der Waals surface area contributed by atoms with Gasteiger partial charge >= 0.3 is 50.3 Å². The molecule has 0 N–H and O–H groups in total. The summed E-state index contributed by atoms with van der Waals surface area (Å²) >= 11 is -10.1. The molecule has 0 aliphatic carbocycles. The summed E-state index contributed by atoms with van der Waals surface area (Å²) in [6.45, 7) is 0. The molecule has 0 spiro atoms. The predicted octanol–water partition coefficient (Wildman–Crippen LogP) is 1.73. The van der Waals surface area contributed by atoms with Gasteiger partial charge in [-0.25, -0.2) is 0 Å². The van der Waals surface area contributed by atoms with Crippen molar-refractivity contribution in [3.05, 3.63) is 0 Å². The average Bonchev–Trinajstić information content (AvgIpc) is 1.24. The fourth-order valence-corrected chi connectivity index (χ4v) is 0. The Labute approximate surface area is 50.8 Å². The fraction of sp³-hybridized carbons (Fsp3) is 1.00. The van der Waals surface area contributed by atoms with Gasteiger partial charge in [0.1, 0.15) is 0 Å². The molecule has 0 aromatic carbocycles. The molecule has 0 saturated heterocycles. The van der Waals surface area contributed by atoms with Gasteiger partial charge in [0, 0.05) is 0 Å². The van der Waals surface area contributed by atoms with Crippen molar-refractivity contribution < 1.29 is 14.5 Å². The Morgan fingerprint density at radius 2 is 1.00 bits per heavy atom. The maximum atomic E-state index is 11.3. The summed E-state index contributed by atoms with van der Waals surface area (Å²) in [4.78, 5) is 0. The molecule has 0 saturated carbocycles. The minimum absolute atomic E-state index is 0.311. The van der Waals surface area contributed by atoms with Gasteiger partial charge in [-0.1, -0.05) is 0 Å². The summed E-state index contributed by atoms with van der Waals surface area (Å²) in [5.41, 5.74) is 0. The first-order valence-electron chi connectivity index (χ1n) is 1.85. The number of rotatable bonds is 1. The zero-order valence-electron chi connectivity index (χ0n) is 4.75. The van der Waals surface area contributed by atoms with Crippen LogP contribution in [-0.4, -0.2) is 35.8 Å². The van der Waals surface area contributed by atoms with Crippen LogP contribution in [0.4, 0.5) is 14.5 Å². The Bertz CT molecular complexity index is 118. The Morgan fingerprint density at radius 1 is 0.889 bits per heavy atom. The Balaban J connectivity index is 4.76. The van der Waals surface area contributed by atoms with Crippen molar-refractivity contribution in [2.45, 2.75) is 0 Å². The van der Waals surface area contributed by atoms with E-state index in [0.717, 1.165) is 0 Å². The van der Waals surface area contributed by atoms with Crippen LogP contribution in [0.15, 0.2) is 0 Å². The number of hydrogen-bond donors (Lipinski definition) is 0. The van der Waals surface area contributed by atoms with E-state index < -0.39 is 21.7 Å². The van der Waals surface area contributed by atoms with E-state index in [4.69, 9.17) is 0 Å². The van der Waals surface area contributed by atoms with Crippen molar-refractivity contribution in [3.8, 4) is 0 Å². The van der Waals surface area contributed by atoms with E-state index in [1.165, 1.54) is 0 Å². The van der Waals surface area contributed by atoms with Crippen LogP contribution in [0.1, 0.15) is 0 Å².